The van der Waals surface area contributed by atoms with Gasteiger partial charge in [-0.1, -0.05) is 11.6 Å². The molecule has 0 saturated heterocycles. The van der Waals surface area contributed by atoms with E-state index in [0.717, 1.165) is 12.1 Å². The van der Waals surface area contributed by atoms with Crippen molar-refractivity contribution in [3.05, 3.63) is 34.4 Å². The van der Waals surface area contributed by atoms with E-state index in [-0.39, 0.29) is 5.56 Å². The van der Waals surface area contributed by atoms with Crippen LogP contribution in [0.4, 0.5) is 8.78 Å². The van der Waals surface area contributed by atoms with Gasteiger partial charge < -0.3 is 15.3 Å². The zero-order valence-electron chi connectivity index (χ0n) is 7.49. The monoisotopic (exact) mass is 238 g/mol. The largest absolute Gasteiger partial charge is 0.394 e. The molecular weight excluding hydrogens is 230 g/mol. The van der Waals surface area contributed by atoms with Crippen molar-refractivity contribution in [2.75, 3.05) is 6.61 Å². The van der Waals surface area contributed by atoms with Crippen LogP contribution in [0.1, 0.15) is 11.7 Å². The second-order valence-corrected chi connectivity index (χ2v) is 3.37. The third-order valence-electron chi connectivity index (χ3n) is 1.90. The summed E-state index contributed by atoms with van der Waals surface area (Å²) < 4.78 is 25.9. The molecule has 1 rings (SSSR count). The van der Waals surface area contributed by atoms with Gasteiger partial charge in [0.25, 0.3) is 0 Å². The van der Waals surface area contributed by atoms with Crippen LogP contribution in [0, 0.1) is 11.6 Å². The van der Waals surface area contributed by atoms with E-state index in [1.807, 2.05) is 0 Å². The molecule has 1 aromatic rings. The Morgan fingerprint density at radius 3 is 2.07 bits per heavy atom. The van der Waals surface area contributed by atoms with E-state index in [9.17, 15) is 13.9 Å². The molecule has 0 aliphatic heterocycles. The average molecular weight is 239 g/mol. The molecule has 0 aromatic heterocycles. The van der Waals surface area contributed by atoms with Gasteiger partial charge in [-0.2, -0.15) is 0 Å². The summed E-state index contributed by atoms with van der Waals surface area (Å²) in [6, 6.07) is 1.60. The van der Waals surface area contributed by atoms with Crippen molar-refractivity contribution in [2.45, 2.75) is 12.2 Å². The van der Waals surface area contributed by atoms with Crippen molar-refractivity contribution in [1.82, 2.24) is 0 Å². The topological polar surface area (TPSA) is 60.7 Å². The lowest BCUT2D eigenvalue weighted by molar-refractivity contribution is -0.0155. The van der Waals surface area contributed by atoms with Gasteiger partial charge in [0, 0.05) is 0 Å². The van der Waals surface area contributed by atoms with Crippen LogP contribution < -0.4 is 0 Å². The fourth-order valence-electron chi connectivity index (χ4n) is 1.07. The Labute approximate surface area is 89.5 Å². The maximum atomic E-state index is 12.9. The van der Waals surface area contributed by atoms with Crippen LogP contribution in [-0.2, 0) is 0 Å². The second-order valence-electron chi connectivity index (χ2n) is 2.99. The first kappa shape index (κ1) is 12.3. The smallest absolute Gasteiger partial charge is 0.145 e. The molecule has 84 valence electrons. The lowest BCUT2D eigenvalue weighted by atomic mass is 10.0. The molecule has 0 radical (unpaired) electrons. The Morgan fingerprint density at radius 1 is 1.20 bits per heavy atom. The SMILES string of the molecule is OCC(O)C(O)c1cc(F)c(Cl)c(F)c1. The van der Waals surface area contributed by atoms with Crippen molar-refractivity contribution >= 4 is 11.6 Å². The highest BCUT2D eigenvalue weighted by atomic mass is 35.5. The lowest BCUT2D eigenvalue weighted by Gasteiger charge is -2.16. The van der Waals surface area contributed by atoms with Gasteiger partial charge in [-0.3, -0.25) is 0 Å². The molecule has 0 aliphatic carbocycles. The van der Waals surface area contributed by atoms with Crippen LogP contribution in [-0.4, -0.2) is 28.0 Å². The fourth-order valence-corrected chi connectivity index (χ4v) is 1.18. The van der Waals surface area contributed by atoms with Crippen molar-refractivity contribution in [3.63, 3.8) is 0 Å². The molecule has 0 amide bonds. The Hall–Kier alpha value is -0.750. The minimum Gasteiger partial charge on any atom is -0.394 e. The summed E-state index contributed by atoms with van der Waals surface area (Å²) in [7, 11) is 0. The number of rotatable bonds is 3. The van der Waals surface area contributed by atoms with Gasteiger partial charge in [0.15, 0.2) is 0 Å². The zero-order valence-corrected chi connectivity index (χ0v) is 8.25. The molecule has 0 fully saturated rings. The number of benzene rings is 1. The van der Waals surface area contributed by atoms with Gasteiger partial charge in [-0.15, -0.1) is 0 Å². The Bertz CT molecular complexity index is 336. The minimum atomic E-state index is -1.56. The Kier molecular flexibility index (Phi) is 3.98. The van der Waals surface area contributed by atoms with E-state index < -0.39 is 35.5 Å². The first-order chi connectivity index (χ1) is 6.97. The second kappa shape index (κ2) is 4.85. The van der Waals surface area contributed by atoms with Crippen molar-refractivity contribution in [1.29, 1.82) is 0 Å². The summed E-state index contributed by atoms with van der Waals surface area (Å²) in [4.78, 5) is 0. The molecule has 3 nitrogen and oxygen atoms in total. The number of hydrogen-bond acceptors (Lipinski definition) is 3. The summed E-state index contributed by atoms with van der Waals surface area (Å²) in [5.41, 5.74) is -0.184. The van der Waals surface area contributed by atoms with E-state index >= 15 is 0 Å². The normalized spacial score (nSPS) is 15.1. The molecule has 6 heteroatoms. The van der Waals surface area contributed by atoms with Crippen LogP contribution >= 0.6 is 11.6 Å². The summed E-state index contributed by atoms with van der Waals surface area (Å²) >= 11 is 5.22. The maximum absolute atomic E-state index is 12.9. The third kappa shape index (κ3) is 2.63. The summed E-state index contributed by atoms with van der Waals surface area (Å²) in [5, 5.41) is 26.3. The van der Waals surface area contributed by atoms with Crippen molar-refractivity contribution < 1.29 is 24.1 Å². The van der Waals surface area contributed by atoms with E-state index in [0.29, 0.717) is 0 Å². The van der Waals surface area contributed by atoms with Crippen LogP contribution in [0.3, 0.4) is 0 Å². The van der Waals surface area contributed by atoms with Crippen molar-refractivity contribution in [3.8, 4) is 0 Å². The molecule has 2 unspecified atom stereocenters. The average Bonchev–Trinajstić information content (AvgIpc) is 2.23. The van der Waals surface area contributed by atoms with Gasteiger partial charge in [0.05, 0.1) is 6.61 Å². The standard InChI is InChI=1S/C9H9ClF2O3/c10-8-5(11)1-4(2-6(8)12)9(15)7(14)3-13/h1-2,7,9,13-15H,3H2. The zero-order chi connectivity index (χ0) is 11.6. The highest BCUT2D eigenvalue weighted by Crippen LogP contribution is 2.25. The highest BCUT2D eigenvalue weighted by molar-refractivity contribution is 6.30. The molecule has 0 heterocycles. The predicted octanol–water partition coefficient (Wildman–Crippen LogP) is 1.00. The van der Waals surface area contributed by atoms with Crippen LogP contribution in [0.15, 0.2) is 12.1 Å². The number of hydrogen-bond donors (Lipinski definition) is 3. The van der Waals surface area contributed by atoms with E-state index in [2.05, 4.69) is 0 Å². The fraction of sp³-hybridized carbons (Fsp3) is 0.333. The van der Waals surface area contributed by atoms with Gasteiger partial charge in [0.2, 0.25) is 0 Å². The van der Waals surface area contributed by atoms with Crippen LogP contribution in [0.5, 0.6) is 0 Å². The molecule has 15 heavy (non-hydrogen) atoms. The van der Waals surface area contributed by atoms with Gasteiger partial charge in [-0.05, 0) is 17.7 Å². The molecule has 3 N–H and O–H groups in total. The van der Waals surface area contributed by atoms with Gasteiger partial charge in [-0.25, -0.2) is 8.78 Å². The van der Waals surface area contributed by atoms with Gasteiger partial charge >= 0.3 is 0 Å². The molecule has 1 aromatic carbocycles. The predicted molar refractivity (Wildman–Crippen MR) is 49.4 cm³/mol. The van der Waals surface area contributed by atoms with E-state index in [1.165, 1.54) is 0 Å². The molecule has 0 spiro atoms. The maximum Gasteiger partial charge on any atom is 0.145 e. The third-order valence-corrected chi connectivity index (χ3v) is 2.26. The Morgan fingerprint density at radius 2 is 1.67 bits per heavy atom. The quantitative estimate of drug-likeness (QED) is 0.689. The molecule has 0 bridgehead atoms. The Balaban J connectivity index is 3.06. The molecular formula is C9H9ClF2O3. The van der Waals surface area contributed by atoms with E-state index in [4.69, 9.17) is 21.8 Å². The van der Waals surface area contributed by atoms with Crippen LogP contribution in [0.25, 0.3) is 0 Å². The highest BCUT2D eigenvalue weighted by Gasteiger charge is 2.20. The minimum absolute atomic E-state index is 0.184. The van der Waals surface area contributed by atoms with Crippen LogP contribution in [0.2, 0.25) is 5.02 Å². The summed E-state index contributed by atoms with van der Waals surface area (Å²) in [6.07, 6.45) is -3.05. The first-order valence-electron chi connectivity index (χ1n) is 4.08. The summed E-state index contributed by atoms with van der Waals surface area (Å²) in [5.74, 6) is -2.06. The molecule has 0 aliphatic rings. The van der Waals surface area contributed by atoms with Gasteiger partial charge in [0.1, 0.15) is 28.9 Å². The molecule has 0 saturated carbocycles. The van der Waals surface area contributed by atoms with Crippen molar-refractivity contribution in [2.24, 2.45) is 0 Å². The number of aliphatic hydroxyl groups is 3. The number of aliphatic hydroxyl groups excluding tert-OH is 3. The van der Waals surface area contributed by atoms with E-state index in [1.54, 1.807) is 0 Å². The lowest BCUT2D eigenvalue weighted by Crippen LogP contribution is -2.22. The number of halogens is 3. The first-order valence-corrected chi connectivity index (χ1v) is 4.46. The molecule has 2 atom stereocenters. The summed E-state index contributed by atoms with van der Waals surface area (Å²) in [6.45, 7) is -0.715.